The summed E-state index contributed by atoms with van der Waals surface area (Å²) in [4.78, 5) is 13.9. The number of anilines is 1. The summed E-state index contributed by atoms with van der Waals surface area (Å²) in [5, 5.41) is 2.28. The molecule has 4 nitrogen and oxygen atoms in total. The van der Waals surface area contributed by atoms with E-state index in [2.05, 4.69) is 67.3 Å². The van der Waals surface area contributed by atoms with Crippen molar-refractivity contribution in [1.29, 1.82) is 0 Å². The van der Waals surface area contributed by atoms with E-state index in [-0.39, 0.29) is 11.3 Å². The van der Waals surface area contributed by atoms with Crippen molar-refractivity contribution < 1.29 is 14.3 Å². The number of aldehydes is 1. The highest BCUT2D eigenvalue weighted by molar-refractivity contribution is 6.10. The van der Waals surface area contributed by atoms with Crippen molar-refractivity contribution >= 4 is 28.8 Å². The number of methoxy groups -OCH3 is 1. The normalized spacial score (nSPS) is 20.1. The number of hydrogen-bond donors (Lipinski definition) is 0. The van der Waals surface area contributed by atoms with Crippen LogP contribution in [0.1, 0.15) is 43.4 Å². The molecule has 0 bridgehead atoms. The molecule has 6 rings (SSSR count). The Labute approximate surface area is 194 Å². The third-order valence-corrected chi connectivity index (χ3v) is 7.69. The van der Waals surface area contributed by atoms with Gasteiger partial charge in [-0.05, 0) is 58.7 Å². The van der Waals surface area contributed by atoms with Gasteiger partial charge in [0.15, 0.2) is 0 Å². The molecule has 3 aromatic rings. The second-order valence-electron chi connectivity index (χ2n) is 9.93. The predicted molar refractivity (Wildman–Crippen MR) is 134 cm³/mol. The highest BCUT2D eigenvalue weighted by Crippen LogP contribution is 2.57. The average molecular weight is 440 g/mol. The van der Waals surface area contributed by atoms with E-state index in [4.69, 9.17) is 9.47 Å². The largest absolute Gasteiger partial charge is 0.495 e. The Morgan fingerprint density at radius 2 is 2.03 bits per heavy atom. The average Bonchev–Trinajstić information content (AvgIpc) is 3.11. The molecule has 0 spiro atoms. The van der Waals surface area contributed by atoms with Gasteiger partial charge in [-0.2, -0.15) is 0 Å². The lowest BCUT2D eigenvalue weighted by molar-refractivity contribution is -0.111. The molecule has 1 saturated heterocycles. The van der Waals surface area contributed by atoms with Gasteiger partial charge in [0.2, 0.25) is 0 Å². The van der Waals surface area contributed by atoms with Gasteiger partial charge in [-0.15, -0.1) is 0 Å². The van der Waals surface area contributed by atoms with Crippen molar-refractivity contribution in [3.05, 3.63) is 59.2 Å². The summed E-state index contributed by atoms with van der Waals surface area (Å²) in [6.07, 6.45) is 7.40. The first-order valence-corrected chi connectivity index (χ1v) is 11.9. The summed E-state index contributed by atoms with van der Waals surface area (Å²) in [5.74, 6) is 1.85. The van der Waals surface area contributed by atoms with Gasteiger partial charge in [-0.25, -0.2) is 0 Å². The summed E-state index contributed by atoms with van der Waals surface area (Å²) in [6, 6.07) is 13.2. The fraction of sp³-hybridized carbons (Fsp3) is 0.345. The summed E-state index contributed by atoms with van der Waals surface area (Å²) in [6.45, 7) is 6.87. The van der Waals surface area contributed by atoms with E-state index in [0.717, 1.165) is 54.8 Å². The Balaban J connectivity index is 1.69. The zero-order valence-electron chi connectivity index (χ0n) is 19.5. The van der Waals surface area contributed by atoms with E-state index >= 15 is 0 Å². The van der Waals surface area contributed by atoms with Crippen molar-refractivity contribution in [2.24, 2.45) is 5.92 Å². The molecule has 3 aromatic carbocycles. The molecule has 3 aliphatic rings. The van der Waals surface area contributed by atoms with Crippen LogP contribution >= 0.6 is 0 Å². The summed E-state index contributed by atoms with van der Waals surface area (Å²) >= 11 is 0. The maximum Gasteiger partial charge on any atom is 0.142 e. The minimum atomic E-state index is -0.122. The Morgan fingerprint density at radius 3 is 2.85 bits per heavy atom. The van der Waals surface area contributed by atoms with Crippen molar-refractivity contribution in [2.45, 2.75) is 32.1 Å². The molecule has 2 heterocycles. The number of carbonyl (C=O) groups excluding carboxylic acids is 1. The predicted octanol–water partition coefficient (Wildman–Crippen LogP) is 5.98. The Morgan fingerprint density at radius 1 is 1.18 bits per heavy atom. The SMILES string of the molecule is COc1cc2c3c(c4c(c2cc1N1CCCC(C=O)C1)-c1ccccc1C4(C)C)C=CCO3. The first kappa shape index (κ1) is 20.3. The zero-order chi connectivity index (χ0) is 22.7. The number of benzene rings is 3. The molecule has 2 aliphatic heterocycles. The van der Waals surface area contributed by atoms with Crippen LogP contribution in [0.4, 0.5) is 5.69 Å². The molecule has 0 saturated carbocycles. The van der Waals surface area contributed by atoms with Crippen LogP contribution in [0, 0.1) is 5.92 Å². The minimum Gasteiger partial charge on any atom is -0.495 e. The third kappa shape index (κ3) is 2.86. The summed E-state index contributed by atoms with van der Waals surface area (Å²) < 4.78 is 12.2. The van der Waals surface area contributed by atoms with E-state index in [0.29, 0.717) is 6.61 Å². The molecular formula is C29H29NO3. The monoisotopic (exact) mass is 439 g/mol. The van der Waals surface area contributed by atoms with Crippen LogP contribution in [0.25, 0.3) is 28.0 Å². The maximum atomic E-state index is 11.5. The molecule has 1 unspecified atom stereocenters. The molecule has 4 heteroatoms. The smallest absolute Gasteiger partial charge is 0.142 e. The quantitative estimate of drug-likeness (QED) is 0.471. The molecule has 0 N–H and O–H groups in total. The lowest BCUT2D eigenvalue weighted by atomic mass is 9.78. The van der Waals surface area contributed by atoms with E-state index in [1.165, 1.54) is 33.2 Å². The Bertz CT molecular complexity index is 1320. The van der Waals surface area contributed by atoms with Crippen molar-refractivity contribution in [1.82, 2.24) is 0 Å². The van der Waals surface area contributed by atoms with Gasteiger partial charge in [0.25, 0.3) is 0 Å². The van der Waals surface area contributed by atoms with Gasteiger partial charge < -0.3 is 19.2 Å². The summed E-state index contributed by atoms with van der Waals surface area (Å²) in [7, 11) is 1.73. The van der Waals surface area contributed by atoms with Gasteiger partial charge in [-0.3, -0.25) is 0 Å². The van der Waals surface area contributed by atoms with Crippen LogP contribution < -0.4 is 14.4 Å². The molecule has 1 atom stereocenters. The lowest BCUT2D eigenvalue weighted by Crippen LogP contribution is -2.36. The van der Waals surface area contributed by atoms with Crippen LogP contribution in [0.15, 0.2) is 42.5 Å². The van der Waals surface area contributed by atoms with Crippen LogP contribution in [0.2, 0.25) is 0 Å². The highest BCUT2D eigenvalue weighted by atomic mass is 16.5. The molecule has 1 fully saturated rings. The summed E-state index contributed by atoms with van der Waals surface area (Å²) in [5.41, 5.74) is 7.40. The van der Waals surface area contributed by atoms with Gasteiger partial charge in [0, 0.05) is 35.4 Å². The Kier molecular flexibility index (Phi) is 4.55. The van der Waals surface area contributed by atoms with E-state index < -0.39 is 0 Å². The molecule has 0 amide bonds. The van der Waals surface area contributed by atoms with Crippen LogP contribution in [0.5, 0.6) is 11.5 Å². The van der Waals surface area contributed by atoms with E-state index in [1.807, 2.05) is 0 Å². The van der Waals surface area contributed by atoms with Gasteiger partial charge in [0.05, 0.1) is 12.8 Å². The van der Waals surface area contributed by atoms with Crippen molar-refractivity contribution in [3.63, 3.8) is 0 Å². The molecule has 0 aromatic heterocycles. The molecular weight excluding hydrogens is 410 g/mol. The number of hydrogen-bond acceptors (Lipinski definition) is 4. The van der Waals surface area contributed by atoms with Crippen LogP contribution in [-0.2, 0) is 10.2 Å². The van der Waals surface area contributed by atoms with Gasteiger partial charge in [0.1, 0.15) is 24.4 Å². The number of rotatable bonds is 3. The van der Waals surface area contributed by atoms with Crippen LogP contribution in [-0.4, -0.2) is 33.1 Å². The number of carbonyl (C=O) groups is 1. The highest BCUT2D eigenvalue weighted by Gasteiger charge is 2.40. The van der Waals surface area contributed by atoms with E-state index in [1.54, 1.807) is 7.11 Å². The molecule has 1 aliphatic carbocycles. The number of fused-ring (bicyclic) bond motifs is 8. The van der Waals surface area contributed by atoms with Crippen molar-refractivity contribution in [2.75, 3.05) is 31.7 Å². The van der Waals surface area contributed by atoms with E-state index in [9.17, 15) is 4.79 Å². The lowest BCUT2D eigenvalue weighted by Gasteiger charge is -2.34. The zero-order valence-corrected chi connectivity index (χ0v) is 19.5. The second kappa shape index (κ2) is 7.38. The Hall–Kier alpha value is -3.27. The number of nitrogens with zero attached hydrogens (tertiary/aromatic N) is 1. The molecule has 33 heavy (non-hydrogen) atoms. The standard InChI is InChI=1S/C29H29NO3/c1-29(2)23-11-5-4-9-19(23)26-21-14-24(30-12-6-8-18(16-30)17-31)25(32-3)15-22(21)28-20(27(26)29)10-7-13-33-28/h4-5,7,9-11,14-15,17-18H,6,8,12-13,16H2,1-3H3. The van der Waals surface area contributed by atoms with Crippen LogP contribution in [0.3, 0.4) is 0 Å². The fourth-order valence-corrected chi connectivity index (χ4v) is 6.16. The van der Waals surface area contributed by atoms with Gasteiger partial charge in [-0.1, -0.05) is 44.2 Å². The second-order valence-corrected chi connectivity index (χ2v) is 9.93. The third-order valence-electron chi connectivity index (χ3n) is 7.69. The fourth-order valence-electron chi connectivity index (χ4n) is 6.16. The van der Waals surface area contributed by atoms with Gasteiger partial charge >= 0.3 is 0 Å². The molecule has 168 valence electrons. The topological polar surface area (TPSA) is 38.8 Å². The number of piperidine rings is 1. The first-order chi connectivity index (χ1) is 16.0. The number of ether oxygens (including phenoxy) is 2. The van der Waals surface area contributed by atoms with Crippen molar-refractivity contribution in [3.8, 4) is 22.6 Å². The maximum absolute atomic E-state index is 11.5. The minimum absolute atomic E-state index is 0.0709. The first-order valence-electron chi connectivity index (χ1n) is 11.9. The molecule has 0 radical (unpaired) electrons.